The highest BCUT2D eigenvalue weighted by molar-refractivity contribution is 9.10. The first-order chi connectivity index (χ1) is 6.84. The molecule has 1 aromatic heterocycles. The fraction of sp³-hybridized carbons (Fsp3) is 0.182. The smallest absolute Gasteiger partial charge is 0.0489 e. The minimum Gasteiger partial charge on any atom is -0.272 e. The lowest BCUT2D eigenvalue weighted by Gasteiger charge is -2.01. The molecular weight excluding hydrogens is 240 g/mol. The Labute approximate surface area is 91.7 Å². The summed E-state index contributed by atoms with van der Waals surface area (Å²) in [6, 6.07) is 10.3. The second kappa shape index (κ2) is 4.42. The number of halogens is 1. The Morgan fingerprint density at radius 2 is 2.00 bits per heavy atom. The van der Waals surface area contributed by atoms with E-state index in [4.69, 9.17) is 0 Å². The van der Waals surface area contributed by atoms with E-state index in [1.165, 1.54) is 5.56 Å². The molecule has 3 heteroatoms. The van der Waals surface area contributed by atoms with Gasteiger partial charge in [0.1, 0.15) is 0 Å². The van der Waals surface area contributed by atoms with Gasteiger partial charge in [0.2, 0.25) is 0 Å². The molecule has 0 spiro atoms. The molecule has 0 unspecified atom stereocenters. The zero-order valence-corrected chi connectivity index (χ0v) is 9.31. The van der Waals surface area contributed by atoms with Gasteiger partial charge in [0, 0.05) is 23.4 Å². The molecule has 0 amide bonds. The van der Waals surface area contributed by atoms with E-state index in [-0.39, 0.29) is 0 Å². The van der Waals surface area contributed by atoms with E-state index in [1.807, 2.05) is 23.1 Å². The van der Waals surface area contributed by atoms with E-state index in [9.17, 15) is 0 Å². The summed E-state index contributed by atoms with van der Waals surface area (Å²) >= 11 is 3.42. The Morgan fingerprint density at radius 3 is 2.64 bits per heavy atom. The topological polar surface area (TPSA) is 17.8 Å². The largest absolute Gasteiger partial charge is 0.272 e. The Balaban J connectivity index is 1.95. The van der Waals surface area contributed by atoms with Crippen LogP contribution in [0.1, 0.15) is 5.56 Å². The van der Waals surface area contributed by atoms with Crippen molar-refractivity contribution < 1.29 is 0 Å². The van der Waals surface area contributed by atoms with Crippen molar-refractivity contribution in [3.63, 3.8) is 0 Å². The molecular formula is C11H11BrN2. The summed E-state index contributed by atoms with van der Waals surface area (Å²) in [5.41, 5.74) is 1.34. The van der Waals surface area contributed by atoms with Crippen LogP contribution in [-0.2, 0) is 13.0 Å². The van der Waals surface area contributed by atoms with Gasteiger partial charge in [-0.2, -0.15) is 5.10 Å². The predicted octanol–water partition coefficient (Wildman–Crippen LogP) is 2.89. The van der Waals surface area contributed by atoms with Crippen molar-refractivity contribution in [3.8, 4) is 0 Å². The SMILES string of the molecule is Brc1ccc(CCn2cccn2)cc1. The zero-order chi connectivity index (χ0) is 9.80. The molecule has 0 saturated carbocycles. The van der Waals surface area contributed by atoms with Crippen LogP contribution in [0, 0.1) is 0 Å². The van der Waals surface area contributed by atoms with Gasteiger partial charge in [-0.3, -0.25) is 4.68 Å². The standard InChI is InChI=1S/C11H11BrN2/c12-11-4-2-10(3-5-11)6-9-14-8-1-7-13-14/h1-5,7-8H,6,9H2. The van der Waals surface area contributed by atoms with Gasteiger partial charge < -0.3 is 0 Å². The molecule has 0 bridgehead atoms. The van der Waals surface area contributed by atoms with E-state index in [1.54, 1.807) is 0 Å². The second-order valence-corrected chi connectivity index (χ2v) is 4.06. The molecule has 0 saturated heterocycles. The van der Waals surface area contributed by atoms with Crippen LogP contribution >= 0.6 is 15.9 Å². The first-order valence-electron chi connectivity index (χ1n) is 4.56. The highest BCUT2D eigenvalue weighted by atomic mass is 79.9. The Morgan fingerprint density at radius 1 is 1.21 bits per heavy atom. The van der Waals surface area contributed by atoms with Crippen molar-refractivity contribution in [3.05, 3.63) is 52.8 Å². The summed E-state index contributed by atoms with van der Waals surface area (Å²) < 4.78 is 3.07. The quantitative estimate of drug-likeness (QED) is 0.820. The molecule has 2 aromatic rings. The lowest BCUT2D eigenvalue weighted by molar-refractivity contribution is 0.615. The van der Waals surface area contributed by atoms with Gasteiger partial charge in [-0.1, -0.05) is 28.1 Å². The fourth-order valence-electron chi connectivity index (χ4n) is 1.33. The fourth-order valence-corrected chi connectivity index (χ4v) is 1.59. The van der Waals surface area contributed by atoms with Gasteiger partial charge in [0.25, 0.3) is 0 Å². The van der Waals surface area contributed by atoms with Crippen LogP contribution in [0.25, 0.3) is 0 Å². The average Bonchev–Trinajstić information content (AvgIpc) is 2.70. The van der Waals surface area contributed by atoms with Gasteiger partial charge in [0.05, 0.1) is 0 Å². The third kappa shape index (κ3) is 2.45. The van der Waals surface area contributed by atoms with Crippen LogP contribution < -0.4 is 0 Å². The van der Waals surface area contributed by atoms with Crippen molar-refractivity contribution in [1.29, 1.82) is 0 Å². The highest BCUT2D eigenvalue weighted by Crippen LogP contribution is 2.11. The molecule has 2 nitrogen and oxygen atoms in total. The third-order valence-corrected chi connectivity index (χ3v) is 2.63. The van der Waals surface area contributed by atoms with E-state index in [0.717, 1.165) is 17.4 Å². The number of hydrogen-bond donors (Lipinski definition) is 0. The van der Waals surface area contributed by atoms with Crippen LogP contribution in [0.3, 0.4) is 0 Å². The van der Waals surface area contributed by atoms with Crippen molar-refractivity contribution in [1.82, 2.24) is 9.78 Å². The number of aryl methyl sites for hydroxylation is 2. The maximum absolute atomic E-state index is 4.16. The molecule has 72 valence electrons. The summed E-state index contributed by atoms with van der Waals surface area (Å²) in [6.45, 7) is 0.939. The molecule has 2 rings (SSSR count). The first kappa shape index (κ1) is 9.46. The first-order valence-corrected chi connectivity index (χ1v) is 5.36. The van der Waals surface area contributed by atoms with E-state index in [2.05, 4.69) is 45.3 Å². The van der Waals surface area contributed by atoms with Crippen LogP contribution in [0.4, 0.5) is 0 Å². The molecule has 0 atom stereocenters. The number of aromatic nitrogens is 2. The zero-order valence-electron chi connectivity index (χ0n) is 7.73. The summed E-state index contributed by atoms with van der Waals surface area (Å²) in [4.78, 5) is 0. The molecule has 0 aliphatic rings. The normalized spacial score (nSPS) is 10.4. The van der Waals surface area contributed by atoms with Crippen LogP contribution in [-0.4, -0.2) is 9.78 Å². The Kier molecular flexibility index (Phi) is 2.99. The third-order valence-electron chi connectivity index (χ3n) is 2.10. The summed E-state index contributed by atoms with van der Waals surface area (Å²) in [5, 5.41) is 4.16. The van der Waals surface area contributed by atoms with Crippen LogP contribution in [0.2, 0.25) is 0 Å². The van der Waals surface area contributed by atoms with Crippen molar-refractivity contribution in [2.45, 2.75) is 13.0 Å². The van der Waals surface area contributed by atoms with Gasteiger partial charge >= 0.3 is 0 Å². The van der Waals surface area contributed by atoms with Gasteiger partial charge in [-0.15, -0.1) is 0 Å². The van der Waals surface area contributed by atoms with Crippen LogP contribution in [0.15, 0.2) is 47.2 Å². The van der Waals surface area contributed by atoms with Crippen molar-refractivity contribution in [2.75, 3.05) is 0 Å². The van der Waals surface area contributed by atoms with E-state index < -0.39 is 0 Å². The summed E-state index contributed by atoms with van der Waals surface area (Å²) in [7, 11) is 0. The van der Waals surface area contributed by atoms with Crippen molar-refractivity contribution >= 4 is 15.9 Å². The minimum absolute atomic E-state index is 0.939. The maximum Gasteiger partial charge on any atom is 0.0489 e. The predicted molar refractivity (Wildman–Crippen MR) is 60.1 cm³/mol. The monoisotopic (exact) mass is 250 g/mol. The molecule has 1 heterocycles. The van der Waals surface area contributed by atoms with Gasteiger partial charge in [-0.05, 0) is 30.2 Å². The lowest BCUT2D eigenvalue weighted by atomic mass is 10.1. The molecule has 14 heavy (non-hydrogen) atoms. The summed E-state index contributed by atoms with van der Waals surface area (Å²) in [6.07, 6.45) is 4.81. The Bertz CT molecular complexity index is 378. The number of rotatable bonds is 3. The average molecular weight is 251 g/mol. The molecule has 0 aliphatic carbocycles. The molecule has 0 radical (unpaired) electrons. The molecule has 0 N–H and O–H groups in total. The Hall–Kier alpha value is -1.09. The van der Waals surface area contributed by atoms with Crippen LogP contribution in [0.5, 0.6) is 0 Å². The second-order valence-electron chi connectivity index (χ2n) is 3.15. The number of nitrogens with zero attached hydrogens (tertiary/aromatic N) is 2. The van der Waals surface area contributed by atoms with E-state index >= 15 is 0 Å². The lowest BCUT2D eigenvalue weighted by Crippen LogP contribution is -2.01. The van der Waals surface area contributed by atoms with Gasteiger partial charge in [0.15, 0.2) is 0 Å². The van der Waals surface area contributed by atoms with Gasteiger partial charge in [-0.25, -0.2) is 0 Å². The number of hydrogen-bond acceptors (Lipinski definition) is 1. The maximum atomic E-state index is 4.16. The van der Waals surface area contributed by atoms with Crippen molar-refractivity contribution in [2.24, 2.45) is 0 Å². The molecule has 0 aliphatic heterocycles. The molecule has 1 aromatic carbocycles. The molecule has 0 fully saturated rings. The summed E-state index contributed by atoms with van der Waals surface area (Å²) in [5.74, 6) is 0. The highest BCUT2D eigenvalue weighted by Gasteiger charge is 1.94. The van der Waals surface area contributed by atoms with E-state index in [0.29, 0.717) is 0 Å². The minimum atomic E-state index is 0.939. The number of benzene rings is 1.